The molecule has 2 aliphatic heterocycles. The highest BCUT2D eigenvalue weighted by Crippen LogP contribution is 2.65. The zero-order valence-electron chi connectivity index (χ0n) is 16.8. The summed E-state index contributed by atoms with van der Waals surface area (Å²) in [6.45, 7) is 2.17. The van der Waals surface area contributed by atoms with Crippen molar-refractivity contribution in [3.63, 3.8) is 0 Å². The Morgan fingerprint density at radius 1 is 1.21 bits per heavy atom. The van der Waals surface area contributed by atoms with Crippen molar-refractivity contribution in [3.8, 4) is 11.5 Å². The van der Waals surface area contributed by atoms with Crippen LogP contribution in [0.25, 0.3) is 0 Å². The van der Waals surface area contributed by atoms with Gasteiger partial charge in [-0.2, -0.15) is 0 Å². The molecule has 1 spiro atoms. The fourth-order valence-corrected chi connectivity index (χ4v) is 7.09. The third-order valence-electron chi connectivity index (χ3n) is 8.59. The smallest absolute Gasteiger partial charge is 0.166 e. The summed E-state index contributed by atoms with van der Waals surface area (Å²) < 4.78 is 12.2. The first-order valence-electron chi connectivity index (χ1n) is 11.3. The van der Waals surface area contributed by atoms with E-state index < -0.39 is 23.2 Å². The van der Waals surface area contributed by atoms with Crippen molar-refractivity contribution >= 4 is 0 Å². The molecule has 3 N–H and O–H groups in total. The number of ether oxygens (including phenoxy) is 2. The van der Waals surface area contributed by atoms with Gasteiger partial charge in [0.15, 0.2) is 11.5 Å². The molecule has 158 valence electrons. The first-order valence-corrected chi connectivity index (χ1v) is 11.3. The number of benzene rings is 1. The van der Waals surface area contributed by atoms with E-state index >= 15 is 0 Å². The molecule has 6 rings (SSSR count). The molecule has 0 unspecified atom stereocenters. The molecule has 6 nitrogen and oxygen atoms in total. The molecule has 3 aliphatic carbocycles. The fourth-order valence-electron chi connectivity index (χ4n) is 7.09. The summed E-state index contributed by atoms with van der Waals surface area (Å²) >= 11 is 0. The summed E-state index contributed by atoms with van der Waals surface area (Å²) in [5.74, 6) is 2.07. The highest BCUT2D eigenvalue weighted by molar-refractivity contribution is 5.63. The molecule has 5 aliphatic rings. The van der Waals surface area contributed by atoms with Crippen molar-refractivity contribution in [2.75, 3.05) is 26.3 Å². The van der Waals surface area contributed by atoms with Gasteiger partial charge in [-0.05, 0) is 62.6 Å². The van der Waals surface area contributed by atoms with E-state index in [-0.39, 0.29) is 19.3 Å². The first kappa shape index (κ1) is 18.4. The Morgan fingerprint density at radius 3 is 2.83 bits per heavy atom. The van der Waals surface area contributed by atoms with Gasteiger partial charge in [0.25, 0.3) is 0 Å². The Morgan fingerprint density at radius 2 is 2.07 bits per heavy atom. The molecule has 0 radical (unpaired) electrons. The van der Waals surface area contributed by atoms with Crippen molar-refractivity contribution in [1.82, 2.24) is 4.90 Å². The minimum Gasteiger partial charge on any atom is -0.487 e. The SMILES string of the molecule is OCCOc1ccc2c3c1O[C@H]1[C@@H](O)CC[C@@]4(O)[C@@H](C2)N(CC2CCC2)CC[C@]314. The molecule has 3 fully saturated rings. The van der Waals surface area contributed by atoms with E-state index in [1.807, 2.05) is 6.07 Å². The van der Waals surface area contributed by atoms with Gasteiger partial charge in [-0.15, -0.1) is 0 Å². The minimum atomic E-state index is -0.882. The molecule has 1 aromatic carbocycles. The van der Waals surface area contributed by atoms with E-state index in [4.69, 9.17) is 9.47 Å². The van der Waals surface area contributed by atoms with E-state index in [1.54, 1.807) is 0 Å². The Kier molecular flexibility index (Phi) is 4.02. The van der Waals surface area contributed by atoms with Gasteiger partial charge in [-0.25, -0.2) is 0 Å². The Bertz CT molecular complexity index is 826. The lowest BCUT2D eigenvalue weighted by Crippen LogP contribution is -2.77. The van der Waals surface area contributed by atoms with Crippen molar-refractivity contribution in [3.05, 3.63) is 23.3 Å². The van der Waals surface area contributed by atoms with Crippen molar-refractivity contribution < 1.29 is 24.8 Å². The third-order valence-corrected chi connectivity index (χ3v) is 8.59. The normalized spacial score (nSPS) is 40.2. The number of aliphatic hydroxyl groups excluding tert-OH is 2. The summed E-state index contributed by atoms with van der Waals surface area (Å²) in [5.41, 5.74) is 0.847. The molecule has 2 heterocycles. The van der Waals surface area contributed by atoms with Gasteiger partial charge in [0.1, 0.15) is 12.7 Å². The van der Waals surface area contributed by atoms with Crippen LogP contribution in [0.2, 0.25) is 0 Å². The maximum absolute atomic E-state index is 12.3. The lowest BCUT2D eigenvalue weighted by Gasteiger charge is -2.64. The molecule has 1 saturated heterocycles. The van der Waals surface area contributed by atoms with E-state index in [0.717, 1.165) is 37.4 Å². The molecule has 1 aromatic rings. The van der Waals surface area contributed by atoms with Gasteiger partial charge < -0.3 is 24.8 Å². The summed E-state index contributed by atoms with van der Waals surface area (Å²) in [6.07, 6.45) is 5.74. The Balaban J connectivity index is 1.47. The summed E-state index contributed by atoms with van der Waals surface area (Å²) in [7, 11) is 0. The van der Waals surface area contributed by atoms with Crippen LogP contribution >= 0.6 is 0 Å². The van der Waals surface area contributed by atoms with Crippen LogP contribution < -0.4 is 9.47 Å². The van der Waals surface area contributed by atoms with Gasteiger partial charge in [0.2, 0.25) is 0 Å². The van der Waals surface area contributed by atoms with Crippen LogP contribution in [0.4, 0.5) is 0 Å². The van der Waals surface area contributed by atoms with E-state index in [0.29, 0.717) is 24.3 Å². The summed E-state index contributed by atoms with van der Waals surface area (Å²) in [6, 6.07) is 4.12. The number of hydrogen-bond acceptors (Lipinski definition) is 6. The van der Waals surface area contributed by atoms with Crippen LogP contribution in [-0.4, -0.2) is 70.4 Å². The van der Waals surface area contributed by atoms with E-state index in [2.05, 4.69) is 11.0 Å². The molecule has 2 bridgehead atoms. The van der Waals surface area contributed by atoms with Gasteiger partial charge in [0.05, 0.1) is 23.7 Å². The Labute approximate surface area is 171 Å². The minimum absolute atomic E-state index is 0.0597. The quantitative estimate of drug-likeness (QED) is 0.692. The average molecular weight is 402 g/mol. The van der Waals surface area contributed by atoms with E-state index in [1.165, 1.54) is 24.8 Å². The second kappa shape index (κ2) is 6.33. The largest absolute Gasteiger partial charge is 0.487 e. The van der Waals surface area contributed by atoms with Crippen LogP contribution in [0, 0.1) is 5.92 Å². The van der Waals surface area contributed by atoms with Crippen LogP contribution in [0.15, 0.2) is 12.1 Å². The molecule has 0 amide bonds. The zero-order valence-corrected chi connectivity index (χ0v) is 16.8. The van der Waals surface area contributed by atoms with Crippen molar-refractivity contribution in [2.45, 2.75) is 74.2 Å². The number of likely N-dealkylation sites (tertiary alicyclic amines) is 1. The number of hydrogen-bond donors (Lipinski definition) is 3. The number of piperidine rings is 1. The van der Waals surface area contributed by atoms with Crippen LogP contribution in [0.3, 0.4) is 0 Å². The molecule has 0 aromatic heterocycles. The van der Waals surface area contributed by atoms with Crippen molar-refractivity contribution in [1.29, 1.82) is 0 Å². The zero-order chi connectivity index (χ0) is 19.8. The predicted molar refractivity (Wildman–Crippen MR) is 106 cm³/mol. The monoisotopic (exact) mass is 401 g/mol. The van der Waals surface area contributed by atoms with Crippen LogP contribution in [-0.2, 0) is 11.8 Å². The number of rotatable bonds is 5. The molecular formula is C23H31NO5. The maximum Gasteiger partial charge on any atom is 0.166 e. The lowest BCUT2D eigenvalue weighted by atomic mass is 9.48. The maximum atomic E-state index is 12.3. The van der Waals surface area contributed by atoms with E-state index in [9.17, 15) is 15.3 Å². The topological polar surface area (TPSA) is 82.4 Å². The Hall–Kier alpha value is -1.34. The predicted octanol–water partition coefficient (Wildman–Crippen LogP) is 1.37. The summed E-state index contributed by atoms with van der Waals surface area (Å²) in [4.78, 5) is 2.54. The van der Waals surface area contributed by atoms with Gasteiger partial charge in [-0.1, -0.05) is 12.5 Å². The highest BCUT2D eigenvalue weighted by atomic mass is 16.5. The van der Waals surface area contributed by atoms with Gasteiger partial charge >= 0.3 is 0 Å². The van der Waals surface area contributed by atoms with Crippen LogP contribution in [0.1, 0.15) is 49.7 Å². The third kappa shape index (κ3) is 2.26. The number of aliphatic hydroxyl groups is 3. The van der Waals surface area contributed by atoms with Crippen molar-refractivity contribution in [2.24, 2.45) is 5.92 Å². The average Bonchev–Trinajstić information content (AvgIpc) is 3.03. The molecule has 2 saturated carbocycles. The van der Waals surface area contributed by atoms with Gasteiger partial charge in [0, 0.05) is 18.2 Å². The summed E-state index contributed by atoms with van der Waals surface area (Å²) in [5, 5.41) is 32.3. The molecule has 5 atom stereocenters. The van der Waals surface area contributed by atoms with Gasteiger partial charge in [-0.3, -0.25) is 4.90 Å². The van der Waals surface area contributed by atoms with Crippen LogP contribution in [0.5, 0.6) is 11.5 Å². The fraction of sp³-hybridized carbons (Fsp3) is 0.739. The number of nitrogens with zero attached hydrogens (tertiary/aromatic N) is 1. The highest BCUT2D eigenvalue weighted by Gasteiger charge is 2.72. The molecule has 6 heteroatoms. The second-order valence-corrected chi connectivity index (χ2v) is 9.80. The second-order valence-electron chi connectivity index (χ2n) is 9.80. The first-order chi connectivity index (χ1) is 14.1. The molecular weight excluding hydrogens is 370 g/mol. The molecule has 29 heavy (non-hydrogen) atoms. The standard InChI is InChI=1S/C23H31NO5/c25-10-11-28-17-5-4-15-12-18-23(27)7-6-16(26)21-22(23,19(15)20(17)29-21)8-9-24(18)13-14-2-1-3-14/h4-5,14,16,18,21,25-27H,1-3,6-13H2/t16-,18+,21-,22-,23+/m0/s1. The lowest BCUT2D eigenvalue weighted by molar-refractivity contribution is -0.209.